The maximum Gasteiger partial charge on any atom is 0.105 e. The second kappa shape index (κ2) is 5.39. The van der Waals surface area contributed by atoms with Crippen molar-refractivity contribution in [1.82, 2.24) is 9.97 Å². The predicted molar refractivity (Wildman–Crippen MR) is 79.4 cm³/mol. The number of hydrogen-bond donors (Lipinski definition) is 1. The maximum absolute atomic E-state index is 10.7. The number of fused-ring (bicyclic) bond motifs is 1. The summed E-state index contributed by atoms with van der Waals surface area (Å²) in [7, 11) is 0. The smallest absolute Gasteiger partial charge is 0.105 e. The number of hydrogen-bond acceptors (Lipinski definition) is 3. The highest BCUT2D eigenvalue weighted by atomic mass is 16.3. The van der Waals surface area contributed by atoms with Crippen LogP contribution < -0.4 is 0 Å². The molecular weight excluding hydrogens is 248 g/mol. The molecule has 1 N–H and O–H groups in total. The summed E-state index contributed by atoms with van der Waals surface area (Å²) in [5, 5.41) is 11.7. The first kappa shape index (κ1) is 12.8. The lowest BCUT2D eigenvalue weighted by molar-refractivity contribution is 0.220. The lowest BCUT2D eigenvalue weighted by Crippen LogP contribution is -2.04. The van der Waals surface area contributed by atoms with Crippen LogP contribution in [0.25, 0.3) is 10.9 Å². The molecule has 2 aromatic heterocycles. The van der Waals surface area contributed by atoms with Crippen molar-refractivity contribution in [3.05, 3.63) is 71.7 Å². The minimum Gasteiger partial charge on any atom is -0.384 e. The Labute approximate surface area is 117 Å². The van der Waals surface area contributed by atoms with Crippen molar-refractivity contribution in [1.29, 1.82) is 0 Å². The van der Waals surface area contributed by atoms with Crippen LogP contribution >= 0.6 is 0 Å². The van der Waals surface area contributed by atoms with E-state index in [4.69, 9.17) is 0 Å². The van der Waals surface area contributed by atoms with Crippen LogP contribution in [0.5, 0.6) is 0 Å². The largest absolute Gasteiger partial charge is 0.384 e. The number of pyridine rings is 2. The summed E-state index contributed by atoms with van der Waals surface area (Å²) in [6, 6.07) is 11.6. The Bertz CT molecular complexity index is 734. The van der Waals surface area contributed by atoms with Crippen molar-refractivity contribution in [2.45, 2.75) is 19.4 Å². The Morgan fingerprint density at radius 2 is 1.95 bits per heavy atom. The second-order valence-electron chi connectivity index (χ2n) is 4.75. The molecule has 0 fully saturated rings. The first-order chi connectivity index (χ1) is 9.81. The van der Waals surface area contributed by atoms with E-state index >= 15 is 0 Å². The predicted octanol–water partition coefficient (Wildman–Crippen LogP) is 3.27. The summed E-state index contributed by atoms with van der Waals surface area (Å²) < 4.78 is 0. The van der Waals surface area contributed by atoms with Gasteiger partial charge < -0.3 is 5.11 Å². The molecule has 0 spiro atoms. The normalized spacial score (nSPS) is 12.5. The van der Waals surface area contributed by atoms with Crippen LogP contribution in [0, 0.1) is 0 Å². The number of aliphatic hydroxyl groups excluding tert-OH is 1. The molecule has 20 heavy (non-hydrogen) atoms. The van der Waals surface area contributed by atoms with E-state index in [1.807, 2.05) is 42.6 Å². The van der Waals surface area contributed by atoms with Crippen molar-refractivity contribution in [2.75, 3.05) is 0 Å². The van der Waals surface area contributed by atoms with Gasteiger partial charge in [-0.3, -0.25) is 9.97 Å². The van der Waals surface area contributed by atoms with Gasteiger partial charge in [0.25, 0.3) is 0 Å². The number of rotatable bonds is 3. The van der Waals surface area contributed by atoms with E-state index in [1.54, 1.807) is 12.4 Å². The highest BCUT2D eigenvalue weighted by molar-refractivity contribution is 5.82. The van der Waals surface area contributed by atoms with Crippen LogP contribution in [0.4, 0.5) is 0 Å². The van der Waals surface area contributed by atoms with Crippen molar-refractivity contribution in [2.24, 2.45) is 0 Å². The molecule has 3 rings (SSSR count). The average molecular weight is 264 g/mol. The minimum absolute atomic E-state index is 0.652. The van der Waals surface area contributed by atoms with Crippen LogP contribution in [-0.4, -0.2) is 15.1 Å². The fraction of sp³-hybridized carbons (Fsp3) is 0.176. The number of nitrogens with zero attached hydrogens (tertiary/aromatic N) is 2. The molecule has 100 valence electrons. The molecule has 0 aliphatic rings. The Morgan fingerprint density at radius 1 is 1.05 bits per heavy atom. The van der Waals surface area contributed by atoms with Crippen molar-refractivity contribution < 1.29 is 5.11 Å². The lowest BCUT2D eigenvalue weighted by Gasteiger charge is -2.16. The molecule has 1 aromatic carbocycles. The van der Waals surface area contributed by atoms with Gasteiger partial charge in [0.05, 0.1) is 5.52 Å². The number of benzene rings is 1. The molecule has 0 amide bonds. The van der Waals surface area contributed by atoms with E-state index in [-0.39, 0.29) is 0 Å². The molecule has 0 saturated carbocycles. The fourth-order valence-corrected chi connectivity index (χ4v) is 2.53. The average Bonchev–Trinajstić information content (AvgIpc) is 2.53. The number of aliphatic hydroxyl groups is 1. The van der Waals surface area contributed by atoms with Gasteiger partial charge in [0.15, 0.2) is 0 Å². The van der Waals surface area contributed by atoms with E-state index in [1.165, 1.54) is 0 Å². The molecule has 3 aromatic rings. The quantitative estimate of drug-likeness (QED) is 0.789. The van der Waals surface area contributed by atoms with Crippen LogP contribution in [0.15, 0.2) is 55.0 Å². The standard InChI is InChI=1S/C17H16N2O/c1-2-12-11-18-10-8-13(12)17(20)15-5-3-7-16-14(15)6-4-9-19-16/h3-11,17,20H,2H2,1H3. The zero-order valence-electron chi connectivity index (χ0n) is 11.3. The monoisotopic (exact) mass is 264 g/mol. The Hall–Kier alpha value is -2.26. The van der Waals surface area contributed by atoms with Crippen molar-refractivity contribution >= 4 is 10.9 Å². The third-order valence-corrected chi connectivity index (χ3v) is 3.59. The Kier molecular flexibility index (Phi) is 3.44. The van der Waals surface area contributed by atoms with Gasteiger partial charge in [-0.2, -0.15) is 0 Å². The van der Waals surface area contributed by atoms with Gasteiger partial charge in [0.1, 0.15) is 6.10 Å². The molecule has 0 aliphatic heterocycles. The van der Waals surface area contributed by atoms with E-state index < -0.39 is 6.10 Å². The zero-order valence-corrected chi connectivity index (χ0v) is 11.3. The first-order valence-electron chi connectivity index (χ1n) is 6.75. The molecule has 2 heterocycles. The minimum atomic E-state index is -0.652. The number of aryl methyl sites for hydroxylation is 1. The third-order valence-electron chi connectivity index (χ3n) is 3.59. The van der Waals surface area contributed by atoms with Gasteiger partial charge >= 0.3 is 0 Å². The molecule has 0 saturated heterocycles. The van der Waals surface area contributed by atoms with Gasteiger partial charge in [0, 0.05) is 24.0 Å². The molecule has 0 radical (unpaired) electrons. The van der Waals surface area contributed by atoms with Gasteiger partial charge in [0.2, 0.25) is 0 Å². The summed E-state index contributed by atoms with van der Waals surface area (Å²) in [5.74, 6) is 0. The topological polar surface area (TPSA) is 46.0 Å². The van der Waals surface area contributed by atoms with Crippen molar-refractivity contribution in [3.8, 4) is 0 Å². The van der Waals surface area contributed by atoms with E-state index in [9.17, 15) is 5.11 Å². The van der Waals surface area contributed by atoms with Gasteiger partial charge in [-0.15, -0.1) is 0 Å². The van der Waals surface area contributed by atoms with Crippen LogP contribution in [0.2, 0.25) is 0 Å². The molecule has 1 atom stereocenters. The first-order valence-corrected chi connectivity index (χ1v) is 6.75. The van der Waals surface area contributed by atoms with Crippen molar-refractivity contribution in [3.63, 3.8) is 0 Å². The van der Waals surface area contributed by atoms with Gasteiger partial charge in [-0.1, -0.05) is 25.1 Å². The summed E-state index contributed by atoms with van der Waals surface area (Å²) in [6.07, 6.45) is 5.51. The number of aromatic nitrogens is 2. The third kappa shape index (κ3) is 2.17. The molecule has 1 unspecified atom stereocenters. The van der Waals surface area contributed by atoms with Crippen LogP contribution in [0.1, 0.15) is 29.7 Å². The Balaban J connectivity index is 2.15. The summed E-state index contributed by atoms with van der Waals surface area (Å²) >= 11 is 0. The molecule has 3 nitrogen and oxygen atoms in total. The van der Waals surface area contributed by atoms with Gasteiger partial charge in [-0.05, 0) is 41.3 Å². The fourth-order valence-electron chi connectivity index (χ4n) is 2.53. The summed E-state index contributed by atoms with van der Waals surface area (Å²) in [5.41, 5.74) is 3.77. The van der Waals surface area contributed by atoms with Crippen LogP contribution in [0.3, 0.4) is 0 Å². The molecular formula is C17H16N2O. The van der Waals surface area contributed by atoms with E-state index in [0.717, 1.165) is 34.0 Å². The highest BCUT2D eigenvalue weighted by Crippen LogP contribution is 2.29. The van der Waals surface area contributed by atoms with E-state index in [0.29, 0.717) is 0 Å². The molecule has 0 aliphatic carbocycles. The second-order valence-corrected chi connectivity index (χ2v) is 4.75. The highest BCUT2D eigenvalue weighted by Gasteiger charge is 2.16. The van der Waals surface area contributed by atoms with E-state index in [2.05, 4.69) is 16.9 Å². The summed E-state index contributed by atoms with van der Waals surface area (Å²) in [4.78, 5) is 8.47. The summed E-state index contributed by atoms with van der Waals surface area (Å²) in [6.45, 7) is 2.07. The zero-order chi connectivity index (χ0) is 13.9. The lowest BCUT2D eigenvalue weighted by atomic mass is 9.94. The Morgan fingerprint density at radius 3 is 2.80 bits per heavy atom. The molecule has 0 bridgehead atoms. The molecule has 3 heteroatoms. The SMILES string of the molecule is CCc1cnccc1C(O)c1cccc2ncccc12. The maximum atomic E-state index is 10.7. The van der Waals surface area contributed by atoms with Gasteiger partial charge in [-0.25, -0.2) is 0 Å². The van der Waals surface area contributed by atoms with Crippen LogP contribution in [-0.2, 0) is 6.42 Å².